The van der Waals surface area contributed by atoms with Gasteiger partial charge in [-0.15, -0.1) is 0 Å². The maximum atomic E-state index is 5.17. The molecule has 3 aromatic heterocycles. The summed E-state index contributed by atoms with van der Waals surface area (Å²) >= 11 is 0. The fraction of sp³-hybridized carbons (Fsp3) is 0. The molecule has 0 spiro atoms. The average molecular weight is 715 g/mol. The van der Waals surface area contributed by atoms with E-state index in [0.717, 1.165) is 50.5 Å². The third-order valence-corrected chi connectivity index (χ3v) is 10.9. The lowest BCUT2D eigenvalue weighted by Gasteiger charge is -2.10. The Labute approximate surface area is 324 Å². The fourth-order valence-corrected chi connectivity index (χ4v) is 8.29. The second-order valence-corrected chi connectivity index (χ2v) is 14.2. The second kappa shape index (κ2) is 13.1. The largest absolute Gasteiger partial charge is 0.309 e. The number of hydrogen-bond donors (Lipinski definition) is 0. The van der Waals surface area contributed by atoms with Crippen LogP contribution < -0.4 is 0 Å². The number of benzene rings is 8. The minimum atomic E-state index is 0.708. The summed E-state index contributed by atoms with van der Waals surface area (Å²) in [6.45, 7) is 0. The first kappa shape index (κ1) is 31.9. The van der Waals surface area contributed by atoms with Gasteiger partial charge in [0.05, 0.1) is 33.5 Å². The summed E-state index contributed by atoms with van der Waals surface area (Å²) in [5.41, 5.74) is 14.2. The lowest BCUT2D eigenvalue weighted by Crippen LogP contribution is -1.96. The fourth-order valence-electron chi connectivity index (χ4n) is 8.29. The van der Waals surface area contributed by atoms with E-state index in [2.05, 4.69) is 191 Å². The Kier molecular flexibility index (Phi) is 7.46. The van der Waals surface area contributed by atoms with E-state index in [1.54, 1.807) is 0 Å². The molecule has 0 saturated heterocycles. The van der Waals surface area contributed by atoms with Gasteiger partial charge in [0.25, 0.3) is 0 Å². The van der Waals surface area contributed by atoms with E-state index in [-0.39, 0.29) is 0 Å². The Morgan fingerprint density at radius 1 is 0.268 bits per heavy atom. The van der Waals surface area contributed by atoms with Crippen molar-refractivity contribution in [1.29, 1.82) is 0 Å². The molecule has 11 rings (SSSR count). The van der Waals surface area contributed by atoms with Crippen molar-refractivity contribution in [1.82, 2.24) is 19.1 Å². The van der Waals surface area contributed by atoms with Gasteiger partial charge in [-0.3, -0.25) is 0 Å². The highest BCUT2D eigenvalue weighted by Gasteiger charge is 2.18. The summed E-state index contributed by atoms with van der Waals surface area (Å²) in [7, 11) is 0. The van der Waals surface area contributed by atoms with E-state index in [1.807, 2.05) is 24.3 Å². The molecule has 0 saturated carbocycles. The minimum absolute atomic E-state index is 0.708. The number of hydrogen-bond acceptors (Lipinski definition) is 2. The zero-order valence-electron chi connectivity index (χ0n) is 30.4. The molecule has 3 heterocycles. The number of para-hydroxylation sites is 3. The summed E-state index contributed by atoms with van der Waals surface area (Å²) in [6.07, 6.45) is 0. The summed E-state index contributed by atoms with van der Waals surface area (Å²) in [5, 5.41) is 4.85. The summed E-state index contributed by atoms with van der Waals surface area (Å²) in [6, 6.07) is 73.3. The monoisotopic (exact) mass is 714 g/mol. The first-order valence-electron chi connectivity index (χ1n) is 19.0. The molecular formula is C52H34N4. The van der Waals surface area contributed by atoms with E-state index < -0.39 is 0 Å². The van der Waals surface area contributed by atoms with Crippen LogP contribution in [-0.4, -0.2) is 19.1 Å². The topological polar surface area (TPSA) is 35.6 Å². The molecule has 11 aromatic rings. The van der Waals surface area contributed by atoms with Gasteiger partial charge in [0.1, 0.15) is 0 Å². The normalized spacial score (nSPS) is 11.6. The van der Waals surface area contributed by atoms with Gasteiger partial charge in [-0.1, -0.05) is 133 Å². The summed E-state index contributed by atoms with van der Waals surface area (Å²) in [4.78, 5) is 10.2. The van der Waals surface area contributed by atoms with Crippen LogP contribution in [0.5, 0.6) is 0 Å². The van der Waals surface area contributed by atoms with E-state index in [4.69, 9.17) is 9.97 Å². The van der Waals surface area contributed by atoms with Crippen LogP contribution in [0.25, 0.3) is 100 Å². The lowest BCUT2D eigenvalue weighted by molar-refractivity contribution is 1.18. The molecule has 56 heavy (non-hydrogen) atoms. The molecule has 0 aliphatic heterocycles. The van der Waals surface area contributed by atoms with Gasteiger partial charge in [0.15, 0.2) is 5.82 Å². The molecule has 8 aromatic carbocycles. The quantitative estimate of drug-likeness (QED) is 0.172. The Morgan fingerprint density at radius 2 is 0.661 bits per heavy atom. The van der Waals surface area contributed by atoms with Crippen LogP contribution in [0.2, 0.25) is 0 Å². The molecule has 0 amide bonds. The van der Waals surface area contributed by atoms with Crippen LogP contribution in [-0.2, 0) is 0 Å². The third kappa shape index (κ3) is 5.31. The maximum absolute atomic E-state index is 5.17. The zero-order valence-corrected chi connectivity index (χ0v) is 30.4. The molecule has 0 fully saturated rings. The molecule has 0 atom stereocenters. The van der Waals surface area contributed by atoms with Crippen molar-refractivity contribution < 1.29 is 0 Å². The molecule has 0 radical (unpaired) electrons. The van der Waals surface area contributed by atoms with Crippen molar-refractivity contribution in [3.05, 3.63) is 206 Å². The lowest BCUT2D eigenvalue weighted by atomic mass is 9.99. The molecule has 0 bridgehead atoms. The minimum Gasteiger partial charge on any atom is -0.309 e. The van der Waals surface area contributed by atoms with E-state index >= 15 is 0 Å². The molecular weight excluding hydrogens is 681 g/mol. The first-order chi connectivity index (χ1) is 27.8. The van der Waals surface area contributed by atoms with Gasteiger partial charge < -0.3 is 9.13 Å². The molecule has 0 N–H and O–H groups in total. The number of rotatable bonds is 6. The van der Waals surface area contributed by atoms with Gasteiger partial charge in [-0.05, 0) is 83.9 Å². The molecule has 4 heteroatoms. The van der Waals surface area contributed by atoms with Crippen LogP contribution in [0.4, 0.5) is 0 Å². The smallest absolute Gasteiger partial charge is 0.160 e. The number of aromatic nitrogens is 4. The van der Waals surface area contributed by atoms with Gasteiger partial charge in [-0.2, -0.15) is 0 Å². The van der Waals surface area contributed by atoms with E-state index in [1.165, 1.54) is 43.7 Å². The van der Waals surface area contributed by atoms with Crippen molar-refractivity contribution in [3.8, 4) is 56.4 Å². The van der Waals surface area contributed by atoms with Crippen molar-refractivity contribution in [2.45, 2.75) is 0 Å². The van der Waals surface area contributed by atoms with Crippen molar-refractivity contribution in [2.24, 2.45) is 0 Å². The van der Waals surface area contributed by atoms with Gasteiger partial charge in [-0.25, -0.2) is 9.97 Å². The van der Waals surface area contributed by atoms with Crippen LogP contribution in [0, 0.1) is 0 Å². The Bertz CT molecular complexity index is 3160. The Balaban J connectivity index is 1.12. The molecule has 0 aliphatic carbocycles. The molecule has 0 aliphatic rings. The SMILES string of the molecule is c1ccc(-c2cc(-c3ccc4c(c3)c3cc(-c5ccc6c(c5)c5ccccc5n6-c5ccccc5)ccc3n4-c3ccccc3)nc(-c3ccccc3)n2)cc1. The van der Waals surface area contributed by atoms with Crippen LogP contribution in [0.15, 0.2) is 206 Å². The Hall–Kier alpha value is -7.56. The third-order valence-electron chi connectivity index (χ3n) is 10.9. The summed E-state index contributed by atoms with van der Waals surface area (Å²) in [5.74, 6) is 0.708. The second-order valence-electron chi connectivity index (χ2n) is 14.2. The summed E-state index contributed by atoms with van der Waals surface area (Å²) < 4.78 is 4.74. The highest BCUT2D eigenvalue weighted by Crippen LogP contribution is 2.40. The van der Waals surface area contributed by atoms with Crippen LogP contribution >= 0.6 is 0 Å². The van der Waals surface area contributed by atoms with E-state index in [0.29, 0.717) is 5.82 Å². The predicted molar refractivity (Wildman–Crippen MR) is 232 cm³/mol. The van der Waals surface area contributed by atoms with Crippen LogP contribution in [0.3, 0.4) is 0 Å². The van der Waals surface area contributed by atoms with Crippen molar-refractivity contribution in [3.63, 3.8) is 0 Å². The zero-order chi connectivity index (χ0) is 37.0. The molecule has 0 unspecified atom stereocenters. The Morgan fingerprint density at radius 3 is 1.21 bits per heavy atom. The van der Waals surface area contributed by atoms with Crippen molar-refractivity contribution >= 4 is 43.6 Å². The van der Waals surface area contributed by atoms with E-state index in [9.17, 15) is 0 Å². The number of fused-ring (bicyclic) bond motifs is 6. The van der Waals surface area contributed by atoms with Gasteiger partial charge in [0.2, 0.25) is 0 Å². The highest BCUT2D eigenvalue weighted by molar-refractivity contribution is 6.13. The standard InChI is InChI=1S/C52H34N4/c1-5-15-35(16-6-1)46-34-47(54-52(53-46)36-17-7-2-8-18-36)39-27-30-51-45(33-39)44-32-38(26-29-50(44)56(51)41-21-11-4-12-22-41)37-25-28-49-43(31-37)42-23-13-14-24-48(42)55(49)40-19-9-3-10-20-40/h1-34H. The highest BCUT2D eigenvalue weighted by atomic mass is 15.0. The first-order valence-corrected chi connectivity index (χ1v) is 19.0. The average Bonchev–Trinajstić information content (AvgIpc) is 3.79. The van der Waals surface area contributed by atoms with Gasteiger partial charge >= 0.3 is 0 Å². The molecule has 262 valence electrons. The van der Waals surface area contributed by atoms with Gasteiger partial charge in [0, 0.05) is 49.6 Å². The van der Waals surface area contributed by atoms with Crippen LogP contribution in [0.1, 0.15) is 0 Å². The van der Waals surface area contributed by atoms with Crippen molar-refractivity contribution in [2.75, 3.05) is 0 Å². The number of nitrogens with zero attached hydrogens (tertiary/aromatic N) is 4. The predicted octanol–water partition coefficient (Wildman–Crippen LogP) is 13.3. The molecule has 4 nitrogen and oxygen atoms in total. The maximum Gasteiger partial charge on any atom is 0.160 e.